The maximum absolute atomic E-state index is 14.9. The normalized spacial score (nSPS) is 19.7. The van der Waals surface area contributed by atoms with Gasteiger partial charge in [-0.2, -0.15) is 0 Å². The van der Waals surface area contributed by atoms with Gasteiger partial charge in [0.1, 0.15) is 11.4 Å². The molecule has 1 unspecified atom stereocenters. The molecular weight excluding hydrogens is 624 g/mol. The highest BCUT2D eigenvalue weighted by Crippen LogP contribution is 2.37. The summed E-state index contributed by atoms with van der Waals surface area (Å²) < 4.78 is 40.4. The van der Waals surface area contributed by atoms with E-state index in [1.165, 1.54) is 6.07 Å². The Balaban J connectivity index is 1.31. The van der Waals surface area contributed by atoms with Crippen LogP contribution in [0.2, 0.25) is 0 Å². The molecule has 0 spiro atoms. The molecule has 3 aromatic rings. The molecule has 2 atom stereocenters. The molecule has 2 fully saturated rings. The van der Waals surface area contributed by atoms with Crippen molar-refractivity contribution < 1.29 is 32.8 Å². The summed E-state index contributed by atoms with van der Waals surface area (Å²) in [5, 5.41) is 3.57. The van der Waals surface area contributed by atoms with Crippen molar-refractivity contribution in [1.29, 1.82) is 0 Å². The topological polar surface area (TPSA) is 91.3 Å². The number of ether oxygens (including phenoxy) is 2. The molecule has 2 saturated heterocycles. The fourth-order valence-electron chi connectivity index (χ4n) is 6.73. The van der Waals surface area contributed by atoms with Crippen LogP contribution in [-0.2, 0) is 36.5 Å². The molecule has 1 N–H and O–H groups in total. The molecule has 3 heterocycles. The Kier molecular flexibility index (Phi) is 11.2. The van der Waals surface area contributed by atoms with E-state index in [9.17, 15) is 14.0 Å². The highest BCUT2D eigenvalue weighted by Gasteiger charge is 2.51. The van der Waals surface area contributed by atoms with Gasteiger partial charge in [0, 0.05) is 62.8 Å². The lowest BCUT2D eigenvalue weighted by Gasteiger charge is -2.34. The number of alkyl carbamates (subject to hydrolysis) is 1. The van der Waals surface area contributed by atoms with Crippen molar-refractivity contribution in [3.8, 4) is 0 Å². The lowest BCUT2D eigenvalue weighted by atomic mass is 9.78. The second-order valence-corrected chi connectivity index (χ2v) is 15.5. The standard InChI is InChI=1S/C38H53BFN3O6/c1-36(2,3)47-35(45)41-29(22-26-15-17-28(18-16-26)39-48-37(4,5)38(6,7)49-39)23-34(44)42-19-10-12-27(25-42)33-24-30-31(40)13-9-14-32(30)43(33)20-11-21-46-8/h9,13-18,24,27,29H,10-12,19-23,25H2,1-8H3,(H,41,45)/t27?,29-/m1/s1. The number of amides is 2. The first kappa shape index (κ1) is 36.9. The summed E-state index contributed by atoms with van der Waals surface area (Å²) in [6.45, 7) is 16.0. The average molecular weight is 678 g/mol. The van der Waals surface area contributed by atoms with Crippen molar-refractivity contribution >= 4 is 35.5 Å². The van der Waals surface area contributed by atoms with Gasteiger partial charge in [-0.1, -0.05) is 30.3 Å². The van der Waals surface area contributed by atoms with Gasteiger partial charge < -0.3 is 33.6 Å². The molecule has 2 amide bonds. The summed E-state index contributed by atoms with van der Waals surface area (Å²) in [5.41, 5.74) is 2.22. The highest BCUT2D eigenvalue weighted by molar-refractivity contribution is 6.62. The number of nitrogens with zero attached hydrogens (tertiary/aromatic N) is 2. The minimum Gasteiger partial charge on any atom is -0.444 e. The smallest absolute Gasteiger partial charge is 0.444 e. The third-order valence-electron chi connectivity index (χ3n) is 9.98. The van der Waals surface area contributed by atoms with Crippen LogP contribution in [0.15, 0.2) is 48.5 Å². The van der Waals surface area contributed by atoms with Crippen LogP contribution in [0.4, 0.5) is 9.18 Å². The quantitative estimate of drug-likeness (QED) is 0.188. The molecular formula is C38H53BFN3O6. The number of aromatic nitrogens is 1. The first-order valence-corrected chi connectivity index (χ1v) is 17.6. The lowest BCUT2D eigenvalue weighted by molar-refractivity contribution is -0.132. The number of benzene rings is 2. The molecule has 2 aliphatic heterocycles. The predicted octanol–water partition coefficient (Wildman–Crippen LogP) is 6.35. The van der Waals surface area contributed by atoms with Crippen LogP contribution in [0, 0.1) is 5.82 Å². The number of aryl methyl sites for hydroxylation is 1. The minimum atomic E-state index is -0.676. The fraction of sp³-hybridized carbons (Fsp3) is 0.579. The van der Waals surface area contributed by atoms with Crippen molar-refractivity contribution in [2.45, 2.75) is 116 Å². The van der Waals surface area contributed by atoms with Crippen molar-refractivity contribution in [1.82, 2.24) is 14.8 Å². The SMILES string of the molecule is COCCCn1c(C2CCCN(C(=O)C[C@@H](Cc3ccc(B4OC(C)(C)C(C)(C)O4)cc3)NC(=O)OC(C)(C)C)C2)cc2c(F)cccc21. The monoisotopic (exact) mass is 677 g/mol. The number of nitrogens with one attached hydrogen (secondary N) is 1. The van der Waals surface area contributed by atoms with Gasteiger partial charge in [-0.3, -0.25) is 4.79 Å². The van der Waals surface area contributed by atoms with E-state index >= 15 is 0 Å². The number of halogens is 1. The van der Waals surface area contributed by atoms with E-state index in [0.29, 0.717) is 38.0 Å². The number of carbonyl (C=O) groups excluding carboxylic acids is 2. The average Bonchev–Trinajstić information content (AvgIpc) is 3.50. The zero-order valence-electron chi connectivity index (χ0n) is 30.4. The molecule has 0 saturated carbocycles. The number of fused-ring (bicyclic) bond motifs is 1. The first-order valence-electron chi connectivity index (χ1n) is 17.6. The second kappa shape index (κ2) is 14.8. The number of hydrogen-bond acceptors (Lipinski definition) is 6. The highest BCUT2D eigenvalue weighted by atomic mass is 19.1. The first-order chi connectivity index (χ1) is 23.1. The Morgan fingerprint density at radius 1 is 1.08 bits per heavy atom. The molecule has 0 radical (unpaired) electrons. The van der Waals surface area contributed by atoms with Crippen LogP contribution in [0.1, 0.15) is 91.3 Å². The number of methoxy groups -OCH3 is 1. The van der Waals surface area contributed by atoms with Crippen LogP contribution >= 0.6 is 0 Å². The van der Waals surface area contributed by atoms with E-state index in [1.54, 1.807) is 13.2 Å². The van der Waals surface area contributed by atoms with Gasteiger partial charge in [-0.25, -0.2) is 9.18 Å². The molecule has 49 heavy (non-hydrogen) atoms. The lowest BCUT2D eigenvalue weighted by Crippen LogP contribution is -2.46. The van der Waals surface area contributed by atoms with Crippen molar-refractivity contribution in [2.24, 2.45) is 0 Å². The van der Waals surface area contributed by atoms with Crippen LogP contribution < -0.4 is 10.8 Å². The van der Waals surface area contributed by atoms with E-state index in [4.69, 9.17) is 18.8 Å². The van der Waals surface area contributed by atoms with Gasteiger partial charge in [-0.05, 0) is 103 Å². The van der Waals surface area contributed by atoms with Crippen molar-refractivity contribution in [3.05, 3.63) is 65.6 Å². The third kappa shape index (κ3) is 8.85. The summed E-state index contributed by atoms with van der Waals surface area (Å²) in [4.78, 5) is 28.8. The van der Waals surface area contributed by atoms with E-state index < -0.39 is 36.1 Å². The van der Waals surface area contributed by atoms with Gasteiger partial charge in [0.05, 0.1) is 16.7 Å². The Morgan fingerprint density at radius 2 is 1.78 bits per heavy atom. The van der Waals surface area contributed by atoms with E-state index in [2.05, 4.69) is 9.88 Å². The number of rotatable bonds is 11. The van der Waals surface area contributed by atoms with Crippen LogP contribution in [0.5, 0.6) is 0 Å². The van der Waals surface area contributed by atoms with E-state index in [-0.39, 0.29) is 24.1 Å². The molecule has 1 aromatic heterocycles. The van der Waals surface area contributed by atoms with Crippen molar-refractivity contribution in [3.63, 3.8) is 0 Å². The fourth-order valence-corrected chi connectivity index (χ4v) is 6.73. The minimum absolute atomic E-state index is 0.0344. The van der Waals surface area contributed by atoms with Crippen LogP contribution in [0.25, 0.3) is 10.9 Å². The molecule has 0 aliphatic carbocycles. The van der Waals surface area contributed by atoms with Gasteiger partial charge in [0.15, 0.2) is 0 Å². The number of carbonyl (C=O) groups is 2. The van der Waals surface area contributed by atoms with Crippen LogP contribution in [0.3, 0.4) is 0 Å². The molecule has 266 valence electrons. The molecule has 11 heteroatoms. The maximum atomic E-state index is 14.9. The Hall–Kier alpha value is -3.41. The van der Waals surface area contributed by atoms with Gasteiger partial charge in [0.25, 0.3) is 0 Å². The number of piperidine rings is 1. The number of likely N-dealkylation sites (tertiary alicyclic amines) is 1. The third-order valence-corrected chi connectivity index (χ3v) is 9.98. The number of hydrogen-bond donors (Lipinski definition) is 1. The molecule has 5 rings (SSSR count). The summed E-state index contributed by atoms with van der Waals surface area (Å²) >= 11 is 0. The molecule has 0 bridgehead atoms. The second-order valence-electron chi connectivity index (χ2n) is 15.5. The predicted molar refractivity (Wildman–Crippen MR) is 191 cm³/mol. The van der Waals surface area contributed by atoms with E-state index in [1.807, 2.05) is 89.8 Å². The zero-order chi connectivity index (χ0) is 35.6. The van der Waals surface area contributed by atoms with Gasteiger partial charge in [0.2, 0.25) is 5.91 Å². The summed E-state index contributed by atoms with van der Waals surface area (Å²) in [5.74, 6) is -0.215. The van der Waals surface area contributed by atoms with Gasteiger partial charge in [-0.15, -0.1) is 0 Å². The summed E-state index contributed by atoms with van der Waals surface area (Å²) in [7, 11) is 1.21. The molecule has 9 nitrogen and oxygen atoms in total. The Bertz CT molecular complexity index is 1600. The zero-order valence-corrected chi connectivity index (χ0v) is 30.4. The largest absolute Gasteiger partial charge is 0.494 e. The summed E-state index contributed by atoms with van der Waals surface area (Å²) in [6.07, 6.45) is 2.55. The van der Waals surface area contributed by atoms with Gasteiger partial charge >= 0.3 is 13.2 Å². The summed E-state index contributed by atoms with van der Waals surface area (Å²) in [6, 6.07) is 14.6. The Labute approximate surface area is 290 Å². The molecule has 2 aromatic carbocycles. The Morgan fingerprint density at radius 3 is 2.43 bits per heavy atom. The molecule has 2 aliphatic rings. The van der Waals surface area contributed by atoms with E-state index in [0.717, 1.165) is 41.5 Å². The van der Waals surface area contributed by atoms with Crippen molar-refractivity contribution in [2.75, 3.05) is 26.8 Å². The maximum Gasteiger partial charge on any atom is 0.494 e. The van der Waals surface area contributed by atoms with Crippen LogP contribution in [-0.4, -0.2) is 78.2 Å².